The van der Waals surface area contributed by atoms with Crippen LogP contribution < -0.4 is 10.6 Å². The molecule has 0 aliphatic carbocycles. The number of carbonyl (C=O) groups is 2. The van der Waals surface area contributed by atoms with Gasteiger partial charge in [-0.25, -0.2) is 14.0 Å². The Bertz CT molecular complexity index is 940. The largest absolute Gasteiger partial charge is 0.478 e. The molecule has 5 nitrogen and oxygen atoms in total. The molecule has 0 radical (unpaired) electrons. The third-order valence-electron chi connectivity index (χ3n) is 3.49. The summed E-state index contributed by atoms with van der Waals surface area (Å²) in [7, 11) is 0. The lowest BCUT2D eigenvalue weighted by atomic mass is 10.0. The summed E-state index contributed by atoms with van der Waals surface area (Å²) in [5, 5.41) is 15.7. The molecule has 3 aromatic rings. The zero-order valence-electron chi connectivity index (χ0n) is 12.4. The van der Waals surface area contributed by atoms with Gasteiger partial charge >= 0.3 is 12.0 Å². The van der Waals surface area contributed by atoms with E-state index in [9.17, 15) is 19.1 Å². The van der Waals surface area contributed by atoms with E-state index in [1.54, 1.807) is 30.3 Å². The van der Waals surface area contributed by atoms with E-state index in [4.69, 9.17) is 0 Å². The molecule has 0 fully saturated rings. The number of benzene rings is 3. The summed E-state index contributed by atoms with van der Waals surface area (Å²) in [5.74, 6) is -1.74. The molecular weight excluding hydrogens is 311 g/mol. The highest BCUT2D eigenvalue weighted by atomic mass is 19.1. The minimum atomic E-state index is -1.16. The van der Waals surface area contributed by atoms with Crippen molar-refractivity contribution >= 4 is 34.1 Å². The predicted molar refractivity (Wildman–Crippen MR) is 89.9 cm³/mol. The fraction of sp³-hybridized carbons (Fsp3) is 0. The van der Waals surface area contributed by atoms with Gasteiger partial charge in [-0.05, 0) is 35.0 Å². The van der Waals surface area contributed by atoms with Crippen LogP contribution in [-0.4, -0.2) is 17.1 Å². The SMILES string of the molecule is O=C(Nc1ccccc1F)Nc1cc2ccccc2cc1C(=O)O. The standard InChI is InChI=1S/C18H13FN2O3/c19-14-7-3-4-8-15(14)20-18(24)21-16-10-12-6-2-1-5-11(12)9-13(16)17(22)23/h1-10H,(H,22,23)(H2,20,21,24). The van der Waals surface area contributed by atoms with Gasteiger partial charge in [0.1, 0.15) is 5.82 Å². The van der Waals surface area contributed by atoms with Crippen LogP contribution in [0, 0.1) is 5.82 Å². The summed E-state index contributed by atoms with van der Waals surface area (Å²) in [4.78, 5) is 23.5. The van der Waals surface area contributed by atoms with Crippen molar-refractivity contribution in [3.63, 3.8) is 0 Å². The number of aromatic carboxylic acids is 1. The quantitative estimate of drug-likeness (QED) is 0.671. The highest BCUT2D eigenvalue weighted by Crippen LogP contribution is 2.24. The number of urea groups is 1. The Kier molecular flexibility index (Phi) is 4.11. The molecule has 3 rings (SSSR count). The number of anilines is 2. The average molecular weight is 324 g/mol. The van der Waals surface area contributed by atoms with Crippen molar-refractivity contribution in [1.82, 2.24) is 0 Å². The number of rotatable bonds is 3. The molecule has 0 saturated carbocycles. The van der Waals surface area contributed by atoms with E-state index in [1.165, 1.54) is 24.3 Å². The highest BCUT2D eigenvalue weighted by Gasteiger charge is 2.14. The number of fused-ring (bicyclic) bond motifs is 1. The maximum absolute atomic E-state index is 13.6. The first kappa shape index (κ1) is 15.5. The number of carbonyl (C=O) groups excluding carboxylic acids is 1. The van der Waals surface area contributed by atoms with Gasteiger partial charge in [-0.2, -0.15) is 0 Å². The molecular formula is C18H13FN2O3. The minimum Gasteiger partial charge on any atom is -0.478 e. The van der Waals surface area contributed by atoms with Gasteiger partial charge in [-0.3, -0.25) is 0 Å². The Balaban J connectivity index is 1.91. The number of amides is 2. The van der Waals surface area contributed by atoms with Crippen molar-refractivity contribution in [2.45, 2.75) is 0 Å². The molecule has 0 saturated heterocycles. The van der Waals surface area contributed by atoms with Crippen LogP contribution in [0.1, 0.15) is 10.4 Å². The number of carboxylic acids is 1. The first-order chi connectivity index (χ1) is 11.5. The molecule has 0 bridgehead atoms. The third kappa shape index (κ3) is 3.17. The lowest BCUT2D eigenvalue weighted by molar-refractivity contribution is 0.0698. The number of hydrogen-bond acceptors (Lipinski definition) is 2. The van der Waals surface area contributed by atoms with Gasteiger partial charge in [0.15, 0.2) is 0 Å². The van der Waals surface area contributed by atoms with Gasteiger partial charge in [-0.15, -0.1) is 0 Å². The molecule has 0 aliphatic heterocycles. The summed E-state index contributed by atoms with van der Waals surface area (Å²) >= 11 is 0. The molecule has 0 atom stereocenters. The Morgan fingerprint density at radius 3 is 2.08 bits per heavy atom. The Hall–Kier alpha value is -3.41. The van der Waals surface area contributed by atoms with Crippen LogP contribution in [0.4, 0.5) is 20.6 Å². The van der Waals surface area contributed by atoms with E-state index in [2.05, 4.69) is 10.6 Å². The number of carboxylic acid groups (broad SMARTS) is 1. The number of halogens is 1. The second-order valence-corrected chi connectivity index (χ2v) is 5.11. The van der Waals surface area contributed by atoms with Crippen LogP contribution in [0.3, 0.4) is 0 Å². The average Bonchev–Trinajstić information content (AvgIpc) is 2.56. The van der Waals surface area contributed by atoms with E-state index in [0.29, 0.717) is 0 Å². The zero-order valence-corrected chi connectivity index (χ0v) is 12.4. The van der Waals surface area contributed by atoms with Crippen molar-refractivity contribution in [3.05, 3.63) is 72.0 Å². The molecule has 0 aromatic heterocycles. The van der Waals surface area contributed by atoms with Gasteiger partial charge in [0.05, 0.1) is 16.9 Å². The fourth-order valence-corrected chi connectivity index (χ4v) is 2.36. The van der Waals surface area contributed by atoms with Gasteiger partial charge < -0.3 is 15.7 Å². The van der Waals surface area contributed by atoms with Crippen molar-refractivity contribution in [2.75, 3.05) is 10.6 Å². The minimum absolute atomic E-state index is 0.00710. The summed E-state index contributed by atoms with van der Waals surface area (Å²) in [6.07, 6.45) is 0. The Labute approximate surface area is 136 Å². The van der Waals surface area contributed by atoms with Crippen LogP contribution in [0.15, 0.2) is 60.7 Å². The van der Waals surface area contributed by atoms with Crippen molar-refractivity contribution in [3.8, 4) is 0 Å². The van der Waals surface area contributed by atoms with E-state index >= 15 is 0 Å². The molecule has 120 valence electrons. The maximum atomic E-state index is 13.6. The Morgan fingerprint density at radius 2 is 1.42 bits per heavy atom. The zero-order chi connectivity index (χ0) is 17.1. The summed E-state index contributed by atoms with van der Waals surface area (Å²) < 4.78 is 13.6. The smallest absolute Gasteiger partial charge is 0.337 e. The van der Waals surface area contributed by atoms with E-state index in [0.717, 1.165) is 10.8 Å². The number of nitrogens with one attached hydrogen (secondary N) is 2. The van der Waals surface area contributed by atoms with Crippen LogP contribution in [0.2, 0.25) is 0 Å². The second kappa shape index (κ2) is 6.37. The molecule has 3 aromatic carbocycles. The lowest BCUT2D eigenvalue weighted by Gasteiger charge is -2.12. The van der Waals surface area contributed by atoms with Crippen molar-refractivity contribution in [2.24, 2.45) is 0 Å². The van der Waals surface area contributed by atoms with Gasteiger partial charge in [0.25, 0.3) is 0 Å². The van der Waals surface area contributed by atoms with Gasteiger partial charge in [-0.1, -0.05) is 36.4 Å². The van der Waals surface area contributed by atoms with Crippen LogP contribution in [0.5, 0.6) is 0 Å². The number of para-hydroxylation sites is 1. The van der Waals surface area contributed by atoms with E-state index < -0.39 is 17.8 Å². The van der Waals surface area contributed by atoms with Crippen molar-refractivity contribution < 1.29 is 19.1 Å². The fourth-order valence-electron chi connectivity index (χ4n) is 2.36. The van der Waals surface area contributed by atoms with Crippen LogP contribution in [-0.2, 0) is 0 Å². The summed E-state index contributed by atoms with van der Waals surface area (Å²) in [6, 6.07) is 15.2. The first-order valence-corrected chi connectivity index (χ1v) is 7.13. The van der Waals surface area contributed by atoms with Gasteiger partial charge in [0.2, 0.25) is 0 Å². The molecule has 0 aliphatic rings. The molecule has 24 heavy (non-hydrogen) atoms. The molecule has 0 spiro atoms. The first-order valence-electron chi connectivity index (χ1n) is 7.13. The molecule has 0 unspecified atom stereocenters. The van der Waals surface area contributed by atoms with Crippen LogP contribution in [0.25, 0.3) is 10.8 Å². The predicted octanol–water partition coefficient (Wildman–Crippen LogP) is 4.32. The highest BCUT2D eigenvalue weighted by molar-refractivity contribution is 6.07. The van der Waals surface area contributed by atoms with Crippen molar-refractivity contribution in [1.29, 1.82) is 0 Å². The normalized spacial score (nSPS) is 10.4. The van der Waals surface area contributed by atoms with Crippen LogP contribution >= 0.6 is 0 Å². The number of hydrogen-bond donors (Lipinski definition) is 3. The Morgan fingerprint density at radius 1 is 0.833 bits per heavy atom. The molecule has 3 N–H and O–H groups in total. The lowest BCUT2D eigenvalue weighted by Crippen LogP contribution is -2.21. The van der Waals surface area contributed by atoms with E-state index in [1.807, 2.05) is 6.07 Å². The van der Waals surface area contributed by atoms with E-state index in [-0.39, 0.29) is 16.9 Å². The molecule has 0 heterocycles. The maximum Gasteiger partial charge on any atom is 0.337 e. The van der Waals surface area contributed by atoms with Gasteiger partial charge in [0, 0.05) is 0 Å². The monoisotopic (exact) mass is 324 g/mol. The topological polar surface area (TPSA) is 78.4 Å². The summed E-state index contributed by atoms with van der Waals surface area (Å²) in [6.45, 7) is 0. The molecule has 2 amide bonds. The third-order valence-corrected chi connectivity index (χ3v) is 3.49. The summed E-state index contributed by atoms with van der Waals surface area (Å²) in [5.41, 5.74) is 0.0973. The molecule has 6 heteroatoms. The second-order valence-electron chi connectivity index (χ2n) is 5.11.